The highest BCUT2D eigenvalue weighted by Gasteiger charge is 2.40. The van der Waals surface area contributed by atoms with Gasteiger partial charge in [-0.3, -0.25) is 9.69 Å². The lowest BCUT2D eigenvalue weighted by atomic mass is 10.2. The molecule has 0 aromatic heterocycles. The first-order chi connectivity index (χ1) is 16.6. The summed E-state index contributed by atoms with van der Waals surface area (Å²) in [4.78, 5) is 24.1. The van der Waals surface area contributed by atoms with E-state index in [0.717, 1.165) is 27.0 Å². The molecule has 0 aliphatic carbocycles. The normalized spacial score (nSPS) is 18.4. The van der Waals surface area contributed by atoms with E-state index in [1.54, 1.807) is 28.8 Å². The fourth-order valence-corrected chi connectivity index (χ4v) is 6.16. The Morgan fingerprint density at radius 2 is 1.79 bits per heavy atom. The van der Waals surface area contributed by atoms with Crippen molar-refractivity contribution in [3.05, 3.63) is 88.3 Å². The highest BCUT2D eigenvalue weighted by molar-refractivity contribution is 8.20. The summed E-state index contributed by atoms with van der Waals surface area (Å²) in [5.41, 5.74) is 3.78. The lowest BCUT2D eigenvalue weighted by Crippen LogP contribution is -2.29. The van der Waals surface area contributed by atoms with Gasteiger partial charge in [-0.15, -0.1) is 0 Å². The number of rotatable bonds is 4. The summed E-state index contributed by atoms with van der Waals surface area (Å²) in [6.07, 6.45) is 0. The number of amides is 1. The number of benzene rings is 3. The molecule has 2 aliphatic heterocycles. The Morgan fingerprint density at radius 1 is 1.03 bits per heavy atom. The van der Waals surface area contributed by atoms with Crippen LogP contribution in [0.15, 0.2) is 92.6 Å². The largest absolute Gasteiger partial charge is 0.384 e. The zero-order chi connectivity index (χ0) is 23.7. The van der Waals surface area contributed by atoms with Gasteiger partial charge >= 0.3 is 0 Å². The first-order valence-corrected chi connectivity index (χ1v) is 12.4. The van der Waals surface area contributed by atoms with Crippen molar-refractivity contribution in [2.24, 2.45) is 4.99 Å². The number of hydrogen-bond acceptors (Lipinski definition) is 7. The van der Waals surface area contributed by atoms with Crippen molar-refractivity contribution in [3.63, 3.8) is 0 Å². The van der Waals surface area contributed by atoms with Crippen LogP contribution >= 0.6 is 23.5 Å². The number of nitrogens with one attached hydrogen (secondary N) is 1. The average Bonchev–Trinajstić information content (AvgIpc) is 3.37. The number of aliphatic imine (C=N–C) groups is 1. The molecule has 2 heterocycles. The fourth-order valence-electron chi connectivity index (χ4n) is 3.82. The van der Waals surface area contributed by atoms with Crippen molar-refractivity contribution >= 4 is 57.3 Å². The number of nitrogens with zero attached hydrogens (tertiary/aromatic N) is 4. The Kier molecular flexibility index (Phi) is 6.05. The lowest BCUT2D eigenvalue weighted by Gasteiger charge is -2.17. The number of para-hydroxylation sites is 2. The van der Waals surface area contributed by atoms with Crippen molar-refractivity contribution in [1.82, 2.24) is 0 Å². The molecule has 0 atom stereocenters. The van der Waals surface area contributed by atoms with Gasteiger partial charge in [0.1, 0.15) is 4.91 Å². The lowest BCUT2D eigenvalue weighted by molar-refractivity contribution is -0.113. The molecule has 0 bridgehead atoms. The number of thioether (sulfide) groups is 2. The van der Waals surface area contributed by atoms with Crippen LogP contribution in [0.3, 0.4) is 0 Å². The monoisotopic (exact) mass is 483 g/mol. The molecule has 1 N–H and O–H groups in total. The molecule has 6 nitrogen and oxygen atoms in total. The quantitative estimate of drug-likeness (QED) is 0.448. The molecule has 1 saturated heterocycles. The van der Waals surface area contributed by atoms with Crippen LogP contribution in [0.1, 0.15) is 12.5 Å². The molecule has 3 aromatic carbocycles. The molecular weight excluding hydrogens is 462 g/mol. The Bertz CT molecular complexity index is 1380. The zero-order valence-electron chi connectivity index (χ0n) is 18.6. The predicted octanol–water partition coefficient (Wildman–Crippen LogP) is 6.17. The molecule has 34 heavy (non-hydrogen) atoms. The molecule has 1 fully saturated rings. The number of carbonyl (C=O) groups excluding carboxylic acids is 1. The van der Waals surface area contributed by atoms with Crippen molar-refractivity contribution in [2.75, 3.05) is 28.7 Å². The second-order valence-corrected chi connectivity index (χ2v) is 9.62. The Hall–Kier alpha value is -3.67. The van der Waals surface area contributed by atoms with Gasteiger partial charge in [0.05, 0.1) is 39.4 Å². The second kappa shape index (κ2) is 9.29. The maximum atomic E-state index is 13.8. The molecule has 8 heteroatoms. The Labute approximate surface area is 207 Å². The topological polar surface area (TPSA) is 71.7 Å². The van der Waals surface area contributed by atoms with Crippen LogP contribution in [0.5, 0.6) is 0 Å². The third-order valence-electron chi connectivity index (χ3n) is 5.44. The molecule has 5 rings (SSSR count). The minimum atomic E-state index is -0.112. The number of fused-ring (bicyclic) bond motifs is 1. The van der Waals surface area contributed by atoms with Crippen LogP contribution in [-0.2, 0) is 4.79 Å². The van der Waals surface area contributed by atoms with E-state index < -0.39 is 0 Å². The molecule has 0 radical (unpaired) electrons. The Morgan fingerprint density at radius 3 is 2.53 bits per heavy atom. The van der Waals surface area contributed by atoms with Crippen LogP contribution in [0.2, 0.25) is 0 Å². The smallest absolute Gasteiger partial charge is 0.274 e. The van der Waals surface area contributed by atoms with Gasteiger partial charge in [-0.2, -0.15) is 5.26 Å². The molecule has 3 aromatic rings. The van der Waals surface area contributed by atoms with E-state index in [1.807, 2.05) is 62.5 Å². The van der Waals surface area contributed by atoms with Gasteiger partial charge in [0.15, 0.2) is 5.17 Å². The van der Waals surface area contributed by atoms with E-state index in [2.05, 4.69) is 28.4 Å². The van der Waals surface area contributed by atoms with E-state index in [4.69, 9.17) is 4.99 Å². The predicted molar refractivity (Wildman–Crippen MR) is 142 cm³/mol. The van der Waals surface area contributed by atoms with Crippen LogP contribution in [-0.4, -0.2) is 24.7 Å². The third kappa shape index (κ3) is 3.94. The summed E-state index contributed by atoms with van der Waals surface area (Å²) in [6, 6.07) is 25.2. The first-order valence-electron chi connectivity index (χ1n) is 10.8. The minimum Gasteiger partial charge on any atom is -0.384 e. The van der Waals surface area contributed by atoms with Gasteiger partial charge in [-0.05, 0) is 61.2 Å². The number of nitriles is 1. The molecule has 0 saturated carbocycles. The van der Waals surface area contributed by atoms with Gasteiger partial charge in [-0.1, -0.05) is 42.1 Å². The zero-order valence-corrected chi connectivity index (χ0v) is 20.3. The van der Waals surface area contributed by atoms with Gasteiger partial charge in [0, 0.05) is 18.5 Å². The molecule has 0 unspecified atom stereocenters. The second-order valence-electron chi connectivity index (χ2n) is 7.61. The average molecular weight is 484 g/mol. The summed E-state index contributed by atoms with van der Waals surface area (Å²) >= 11 is 2.96. The minimum absolute atomic E-state index is 0.112. The van der Waals surface area contributed by atoms with E-state index in [9.17, 15) is 10.1 Å². The summed E-state index contributed by atoms with van der Waals surface area (Å²) in [6.45, 7) is 2.72. The van der Waals surface area contributed by atoms with Crippen molar-refractivity contribution in [2.45, 2.75) is 11.8 Å². The highest BCUT2D eigenvalue weighted by Crippen LogP contribution is 2.50. The highest BCUT2D eigenvalue weighted by atomic mass is 32.2. The number of hydrogen-bond donors (Lipinski definition) is 1. The van der Waals surface area contributed by atoms with E-state index in [0.29, 0.717) is 27.9 Å². The van der Waals surface area contributed by atoms with Gasteiger partial charge in [0.25, 0.3) is 5.91 Å². The number of amidine groups is 1. The van der Waals surface area contributed by atoms with Gasteiger partial charge < -0.3 is 10.2 Å². The summed E-state index contributed by atoms with van der Waals surface area (Å²) in [5.74, 6) is -0.112. The molecule has 2 aliphatic rings. The Balaban J connectivity index is 1.64. The molecular formula is C26H21N5OS2. The van der Waals surface area contributed by atoms with E-state index in [1.165, 1.54) is 11.8 Å². The summed E-state index contributed by atoms with van der Waals surface area (Å²) < 4.78 is 0. The van der Waals surface area contributed by atoms with Crippen molar-refractivity contribution in [1.29, 1.82) is 5.26 Å². The third-order valence-corrected chi connectivity index (χ3v) is 7.83. The van der Waals surface area contributed by atoms with Crippen LogP contribution in [0.4, 0.5) is 22.7 Å². The van der Waals surface area contributed by atoms with Crippen molar-refractivity contribution in [3.8, 4) is 6.07 Å². The maximum Gasteiger partial charge on any atom is 0.274 e. The first kappa shape index (κ1) is 22.1. The maximum absolute atomic E-state index is 13.8. The molecule has 1 amide bonds. The SMILES string of the molecule is CCNc1ccc(C#N)cc1/N=C1\S/C(=C2\Sc3ccccc3N2C)C(=O)N1c1ccccc1. The standard InChI is InChI=1S/C26H21N5OS2/c1-3-28-19-14-13-17(16-27)15-20(19)29-26-31(18-9-5-4-6-10-18)24(32)23(34-26)25-30(2)21-11-7-8-12-22(21)33-25/h4-15,28H,3H2,1-2H3/b25-23-,29-26-. The summed E-state index contributed by atoms with van der Waals surface area (Å²) in [7, 11) is 1.98. The van der Waals surface area contributed by atoms with Crippen LogP contribution in [0.25, 0.3) is 0 Å². The van der Waals surface area contributed by atoms with Gasteiger partial charge in [-0.25, -0.2) is 4.99 Å². The van der Waals surface area contributed by atoms with Crippen LogP contribution < -0.4 is 15.1 Å². The molecule has 0 spiro atoms. The van der Waals surface area contributed by atoms with E-state index >= 15 is 0 Å². The van der Waals surface area contributed by atoms with Gasteiger partial charge in [0.2, 0.25) is 0 Å². The van der Waals surface area contributed by atoms with E-state index in [-0.39, 0.29) is 5.91 Å². The number of carbonyl (C=O) groups is 1. The van der Waals surface area contributed by atoms with Crippen LogP contribution in [0, 0.1) is 11.3 Å². The summed E-state index contributed by atoms with van der Waals surface area (Å²) in [5, 5.41) is 14.2. The fraction of sp³-hybridized carbons (Fsp3) is 0.115. The van der Waals surface area contributed by atoms with Crippen molar-refractivity contribution < 1.29 is 4.79 Å². The molecule has 168 valence electrons. The number of anilines is 3.